The molecule has 2 atom stereocenters. The Morgan fingerprint density at radius 1 is 1.43 bits per heavy atom. The quantitative estimate of drug-likeness (QED) is 0.573. The molecular weight excluding hydrogens is 182 g/mol. The first-order valence-corrected chi connectivity index (χ1v) is 5.13. The van der Waals surface area contributed by atoms with Crippen molar-refractivity contribution in [2.24, 2.45) is 5.92 Å². The van der Waals surface area contributed by atoms with Crippen LogP contribution in [0.25, 0.3) is 0 Å². The lowest BCUT2D eigenvalue weighted by molar-refractivity contribution is -0.140. The smallest absolute Gasteiger partial charge is 0.320 e. The van der Waals surface area contributed by atoms with Gasteiger partial charge in [0, 0.05) is 6.54 Å². The first-order valence-electron chi connectivity index (χ1n) is 5.13. The number of carboxylic acid groups (broad SMARTS) is 1. The molecule has 0 fully saturated rings. The molecule has 0 bridgehead atoms. The maximum Gasteiger partial charge on any atom is 0.320 e. The summed E-state index contributed by atoms with van der Waals surface area (Å²) in [5, 5.41) is 21.1. The molecule has 0 heterocycles. The van der Waals surface area contributed by atoms with Crippen LogP contribution in [0.5, 0.6) is 0 Å². The Bertz CT molecular complexity index is 171. The van der Waals surface area contributed by atoms with Gasteiger partial charge >= 0.3 is 5.97 Å². The van der Waals surface area contributed by atoms with E-state index in [1.54, 1.807) is 0 Å². The number of nitrogens with one attached hydrogen (secondary N) is 1. The van der Waals surface area contributed by atoms with E-state index in [2.05, 4.69) is 5.32 Å². The highest BCUT2D eigenvalue weighted by molar-refractivity contribution is 5.73. The van der Waals surface area contributed by atoms with E-state index in [1.807, 2.05) is 20.8 Å². The third-order valence-corrected chi connectivity index (χ3v) is 2.13. The number of hydrogen-bond acceptors (Lipinski definition) is 3. The Morgan fingerprint density at radius 2 is 2.00 bits per heavy atom. The van der Waals surface area contributed by atoms with Gasteiger partial charge in [-0.3, -0.25) is 4.79 Å². The number of aliphatic hydroxyl groups is 1. The minimum absolute atomic E-state index is 0.0290. The highest BCUT2D eigenvalue weighted by Crippen LogP contribution is 2.02. The molecule has 0 radical (unpaired) electrons. The lowest BCUT2D eigenvalue weighted by Crippen LogP contribution is -2.44. The standard InChI is InChI=1S/C10H21NO3/c1-4-5-8(12)6-11-9(7(2)3)10(13)14/h7-9,11-12H,4-6H2,1-3H3,(H,13,14). The Hall–Kier alpha value is -0.610. The summed E-state index contributed by atoms with van der Waals surface area (Å²) in [5.41, 5.74) is 0. The summed E-state index contributed by atoms with van der Waals surface area (Å²) in [6.45, 7) is 6.03. The topological polar surface area (TPSA) is 69.6 Å². The molecule has 0 rings (SSSR count). The molecule has 4 heteroatoms. The van der Waals surface area contributed by atoms with Gasteiger partial charge in [0.05, 0.1) is 6.10 Å². The van der Waals surface area contributed by atoms with E-state index < -0.39 is 18.1 Å². The van der Waals surface area contributed by atoms with Crippen LogP contribution in [0.4, 0.5) is 0 Å². The van der Waals surface area contributed by atoms with Gasteiger partial charge in [0.25, 0.3) is 0 Å². The van der Waals surface area contributed by atoms with Crippen LogP contribution in [-0.4, -0.2) is 34.9 Å². The van der Waals surface area contributed by atoms with Gasteiger partial charge in [0.15, 0.2) is 0 Å². The fourth-order valence-corrected chi connectivity index (χ4v) is 1.31. The predicted octanol–water partition coefficient (Wildman–Crippen LogP) is 0.846. The van der Waals surface area contributed by atoms with Gasteiger partial charge in [-0.25, -0.2) is 0 Å². The number of aliphatic carboxylic acids is 1. The molecule has 0 saturated carbocycles. The van der Waals surface area contributed by atoms with E-state index in [0.717, 1.165) is 6.42 Å². The number of aliphatic hydroxyl groups excluding tert-OH is 1. The first-order chi connectivity index (χ1) is 6.49. The molecule has 3 N–H and O–H groups in total. The van der Waals surface area contributed by atoms with Crippen LogP contribution in [-0.2, 0) is 4.79 Å². The Labute approximate surface area is 85.3 Å². The van der Waals surface area contributed by atoms with E-state index in [9.17, 15) is 9.90 Å². The van der Waals surface area contributed by atoms with Crippen molar-refractivity contribution in [3.05, 3.63) is 0 Å². The highest BCUT2D eigenvalue weighted by atomic mass is 16.4. The van der Waals surface area contributed by atoms with E-state index >= 15 is 0 Å². The van der Waals surface area contributed by atoms with E-state index in [-0.39, 0.29) is 5.92 Å². The molecule has 0 aromatic heterocycles. The molecule has 2 unspecified atom stereocenters. The van der Waals surface area contributed by atoms with Crippen molar-refractivity contribution in [3.63, 3.8) is 0 Å². The summed E-state index contributed by atoms with van der Waals surface area (Å²) in [5.74, 6) is -0.829. The molecule has 0 spiro atoms. The van der Waals surface area contributed by atoms with Crippen molar-refractivity contribution in [2.45, 2.75) is 45.8 Å². The fraction of sp³-hybridized carbons (Fsp3) is 0.900. The Morgan fingerprint density at radius 3 is 2.36 bits per heavy atom. The van der Waals surface area contributed by atoms with Gasteiger partial charge in [-0.05, 0) is 12.3 Å². The number of carbonyl (C=O) groups is 1. The molecule has 0 amide bonds. The monoisotopic (exact) mass is 203 g/mol. The SMILES string of the molecule is CCCC(O)CNC(C(=O)O)C(C)C. The molecule has 0 saturated heterocycles. The van der Waals surface area contributed by atoms with E-state index in [1.165, 1.54) is 0 Å². The average molecular weight is 203 g/mol. The fourth-order valence-electron chi connectivity index (χ4n) is 1.31. The van der Waals surface area contributed by atoms with Crippen molar-refractivity contribution in [1.82, 2.24) is 5.32 Å². The first kappa shape index (κ1) is 13.4. The number of carboxylic acids is 1. The second-order valence-corrected chi connectivity index (χ2v) is 3.91. The molecule has 0 aromatic rings. The third-order valence-electron chi connectivity index (χ3n) is 2.13. The van der Waals surface area contributed by atoms with Gasteiger partial charge in [-0.2, -0.15) is 0 Å². The number of hydrogen-bond donors (Lipinski definition) is 3. The lowest BCUT2D eigenvalue weighted by Gasteiger charge is -2.19. The summed E-state index contributed by atoms with van der Waals surface area (Å²) < 4.78 is 0. The van der Waals surface area contributed by atoms with Crippen molar-refractivity contribution in [3.8, 4) is 0 Å². The van der Waals surface area contributed by atoms with Crippen molar-refractivity contribution < 1.29 is 15.0 Å². The van der Waals surface area contributed by atoms with Crippen molar-refractivity contribution in [1.29, 1.82) is 0 Å². The second-order valence-electron chi connectivity index (χ2n) is 3.91. The molecular formula is C10H21NO3. The van der Waals surface area contributed by atoms with E-state index in [0.29, 0.717) is 13.0 Å². The van der Waals surface area contributed by atoms with Crippen LogP contribution in [0, 0.1) is 5.92 Å². The van der Waals surface area contributed by atoms with Crippen LogP contribution in [0.3, 0.4) is 0 Å². The van der Waals surface area contributed by atoms with Crippen molar-refractivity contribution in [2.75, 3.05) is 6.54 Å². The van der Waals surface area contributed by atoms with Gasteiger partial charge < -0.3 is 15.5 Å². The minimum Gasteiger partial charge on any atom is -0.480 e. The number of rotatable bonds is 7. The zero-order chi connectivity index (χ0) is 11.1. The van der Waals surface area contributed by atoms with Crippen LogP contribution < -0.4 is 5.32 Å². The summed E-state index contributed by atoms with van der Waals surface area (Å²) in [4.78, 5) is 10.8. The van der Waals surface area contributed by atoms with Crippen LogP contribution in [0.2, 0.25) is 0 Å². The Balaban J connectivity index is 3.88. The summed E-state index contributed by atoms with van der Waals surface area (Å²) in [6.07, 6.45) is 1.17. The molecule has 0 aliphatic carbocycles. The van der Waals surface area contributed by atoms with Crippen LogP contribution in [0.15, 0.2) is 0 Å². The summed E-state index contributed by atoms with van der Waals surface area (Å²) >= 11 is 0. The predicted molar refractivity (Wildman–Crippen MR) is 55.2 cm³/mol. The van der Waals surface area contributed by atoms with Crippen LogP contribution >= 0.6 is 0 Å². The zero-order valence-electron chi connectivity index (χ0n) is 9.16. The normalized spacial score (nSPS) is 15.5. The minimum atomic E-state index is -0.858. The highest BCUT2D eigenvalue weighted by Gasteiger charge is 2.21. The van der Waals surface area contributed by atoms with Gasteiger partial charge in [0.1, 0.15) is 6.04 Å². The average Bonchev–Trinajstić information content (AvgIpc) is 2.03. The summed E-state index contributed by atoms with van der Waals surface area (Å²) in [6, 6.07) is -0.568. The molecule has 0 aliphatic heterocycles. The molecule has 84 valence electrons. The van der Waals surface area contributed by atoms with E-state index in [4.69, 9.17) is 5.11 Å². The molecule has 4 nitrogen and oxygen atoms in total. The maximum atomic E-state index is 10.8. The summed E-state index contributed by atoms with van der Waals surface area (Å²) in [7, 11) is 0. The lowest BCUT2D eigenvalue weighted by atomic mass is 10.0. The largest absolute Gasteiger partial charge is 0.480 e. The molecule has 14 heavy (non-hydrogen) atoms. The Kier molecular flexibility index (Phi) is 6.49. The molecule has 0 aromatic carbocycles. The van der Waals surface area contributed by atoms with Gasteiger partial charge in [-0.15, -0.1) is 0 Å². The second kappa shape index (κ2) is 6.79. The van der Waals surface area contributed by atoms with Gasteiger partial charge in [0.2, 0.25) is 0 Å². The third kappa shape index (κ3) is 5.19. The zero-order valence-corrected chi connectivity index (χ0v) is 9.16. The molecule has 0 aliphatic rings. The maximum absolute atomic E-state index is 10.8. The van der Waals surface area contributed by atoms with Crippen molar-refractivity contribution >= 4 is 5.97 Å². The van der Waals surface area contributed by atoms with Gasteiger partial charge in [-0.1, -0.05) is 27.2 Å². The van der Waals surface area contributed by atoms with Crippen LogP contribution in [0.1, 0.15) is 33.6 Å².